The van der Waals surface area contributed by atoms with Crippen LogP contribution in [0.1, 0.15) is 25.3 Å². The zero-order valence-electron chi connectivity index (χ0n) is 15.2. The van der Waals surface area contributed by atoms with Crippen molar-refractivity contribution in [2.75, 3.05) is 38.0 Å². The number of methoxy groups -OCH3 is 1. The van der Waals surface area contributed by atoms with Gasteiger partial charge in [0.25, 0.3) is 10.1 Å². The molecular formula is C18H23N2O5S. The third kappa shape index (κ3) is 7.25. The second-order valence-corrected chi connectivity index (χ2v) is 7.21. The highest BCUT2D eigenvalue weighted by Crippen LogP contribution is 2.27. The zero-order valence-corrected chi connectivity index (χ0v) is 16.0. The van der Waals surface area contributed by atoms with Crippen molar-refractivity contribution < 1.29 is 22.1 Å². The summed E-state index contributed by atoms with van der Waals surface area (Å²) < 4.78 is 32.2. The maximum atomic E-state index is 11.0. The topological polar surface area (TPSA) is 96.7 Å². The van der Waals surface area contributed by atoms with Gasteiger partial charge in [0.1, 0.15) is 17.4 Å². The summed E-state index contributed by atoms with van der Waals surface area (Å²) in [6.07, 6.45) is 5.48. The number of benzene rings is 1. The first-order valence-corrected chi connectivity index (χ1v) is 9.93. The molecular weight excluding hydrogens is 356 g/mol. The third-order valence-electron chi connectivity index (χ3n) is 3.48. The molecule has 26 heavy (non-hydrogen) atoms. The number of hydrogen-bond donors (Lipinski definition) is 0. The summed E-state index contributed by atoms with van der Waals surface area (Å²) >= 11 is 0. The van der Waals surface area contributed by atoms with Crippen LogP contribution in [0.4, 0.5) is 5.69 Å². The summed E-state index contributed by atoms with van der Waals surface area (Å²) in [5.74, 6) is 0.527. The van der Waals surface area contributed by atoms with Gasteiger partial charge in [-0.05, 0) is 31.1 Å². The lowest BCUT2D eigenvalue weighted by molar-refractivity contribution is 0.316. The standard InChI is InChI=1S/C18H23N2O5S/c1-4-8-20(9-5-10-25-26(3,22)23)17-7-6-16(18(12-17)24-2)11-15(13-19)14-21/h6-7,11-12H,4-5,8-10H2,1-3H3. The number of carbonyl (C=O) groups excluding carboxylic acids is 1. The molecule has 141 valence electrons. The summed E-state index contributed by atoms with van der Waals surface area (Å²) in [4.78, 5) is 12.8. The van der Waals surface area contributed by atoms with E-state index < -0.39 is 10.1 Å². The van der Waals surface area contributed by atoms with Crippen LogP contribution in [0.25, 0.3) is 6.08 Å². The van der Waals surface area contributed by atoms with E-state index in [4.69, 9.17) is 14.2 Å². The molecule has 0 saturated heterocycles. The Morgan fingerprint density at radius 2 is 2.08 bits per heavy atom. The van der Waals surface area contributed by atoms with Crippen molar-refractivity contribution in [1.29, 1.82) is 5.26 Å². The van der Waals surface area contributed by atoms with E-state index in [1.54, 1.807) is 18.4 Å². The molecule has 0 N–H and O–H groups in total. The van der Waals surface area contributed by atoms with Gasteiger partial charge in [-0.15, -0.1) is 0 Å². The highest BCUT2D eigenvalue weighted by Gasteiger charge is 2.11. The minimum absolute atomic E-state index is 0.112. The van der Waals surface area contributed by atoms with Crippen LogP contribution in [-0.4, -0.2) is 47.8 Å². The Morgan fingerprint density at radius 3 is 2.62 bits per heavy atom. The maximum Gasteiger partial charge on any atom is 0.264 e. The molecule has 8 heteroatoms. The Hall–Kier alpha value is -2.37. The normalized spacial score (nSPS) is 11.7. The molecule has 1 aromatic rings. The lowest BCUT2D eigenvalue weighted by atomic mass is 10.1. The minimum atomic E-state index is -3.43. The average molecular weight is 379 g/mol. The van der Waals surface area contributed by atoms with Gasteiger partial charge in [-0.25, -0.2) is 0 Å². The predicted octanol–water partition coefficient (Wildman–Crippen LogP) is 2.29. The molecule has 0 atom stereocenters. The largest absolute Gasteiger partial charge is 0.496 e. The van der Waals surface area contributed by atoms with E-state index in [0.29, 0.717) is 24.3 Å². The van der Waals surface area contributed by atoms with E-state index in [0.717, 1.165) is 24.9 Å². The molecule has 0 aliphatic carbocycles. The molecule has 0 bridgehead atoms. The van der Waals surface area contributed by atoms with Crippen LogP contribution in [0.15, 0.2) is 23.8 Å². The van der Waals surface area contributed by atoms with Gasteiger partial charge in [-0.3, -0.25) is 8.98 Å². The summed E-state index contributed by atoms with van der Waals surface area (Å²) in [6, 6.07) is 7.21. The monoisotopic (exact) mass is 379 g/mol. The smallest absolute Gasteiger partial charge is 0.264 e. The van der Waals surface area contributed by atoms with Gasteiger partial charge >= 0.3 is 0 Å². The van der Waals surface area contributed by atoms with Crippen LogP contribution in [-0.2, 0) is 19.1 Å². The minimum Gasteiger partial charge on any atom is -0.496 e. The van der Waals surface area contributed by atoms with E-state index in [1.807, 2.05) is 19.1 Å². The molecule has 0 aromatic heterocycles. The fourth-order valence-electron chi connectivity index (χ4n) is 2.36. The van der Waals surface area contributed by atoms with Crippen LogP contribution >= 0.6 is 0 Å². The fraction of sp³-hybridized carbons (Fsp3) is 0.444. The molecule has 1 radical (unpaired) electrons. The lowest BCUT2D eigenvalue weighted by Gasteiger charge is -2.25. The van der Waals surface area contributed by atoms with Crippen molar-refractivity contribution in [3.05, 3.63) is 29.3 Å². The van der Waals surface area contributed by atoms with Crippen LogP contribution in [0, 0.1) is 11.3 Å². The number of nitrogens with zero attached hydrogens (tertiary/aromatic N) is 2. The molecule has 1 rings (SSSR count). The Morgan fingerprint density at radius 1 is 1.35 bits per heavy atom. The second-order valence-electron chi connectivity index (χ2n) is 5.56. The van der Waals surface area contributed by atoms with Crippen molar-refractivity contribution >= 4 is 28.2 Å². The molecule has 1 aromatic carbocycles. The van der Waals surface area contributed by atoms with Crippen molar-refractivity contribution in [2.45, 2.75) is 19.8 Å². The number of anilines is 1. The second kappa shape index (κ2) is 10.6. The molecule has 7 nitrogen and oxygen atoms in total. The van der Waals surface area contributed by atoms with Gasteiger partial charge < -0.3 is 9.64 Å². The highest BCUT2D eigenvalue weighted by atomic mass is 32.2. The van der Waals surface area contributed by atoms with Crippen LogP contribution < -0.4 is 9.64 Å². The average Bonchev–Trinajstić information content (AvgIpc) is 2.61. The number of allylic oxidation sites excluding steroid dienone is 1. The van der Waals surface area contributed by atoms with Crippen molar-refractivity contribution in [3.8, 4) is 11.8 Å². The number of ether oxygens (including phenoxy) is 1. The van der Waals surface area contributed by atoms with Crippen LogP contribution in [0.5, 0.6) is 5.75 Å². The highest BCUT2D eigenvalue weighted by molar-refractivity contribution is 7.85. The Balaban J connectivity index is 2.96. The van der Waals surface area contributed by atoms with E-state index in [9.17, 15) is 13.2 Å². The number of rotatable bonds is 11. The van der Waals surface area contributed by atoms with E-state index in [-0.39, 0.29) is 12.2 Å². The van der Waals surface area contributed by atoms with Crippen molar-refractivity contribution in [3.63, 3.8) is 0 Å². The van der Waals surface area contributed by atoms with Gasteiger partial charge in [-0.1, -0.05) is 6.92 Å². The number of hydrogen-bond acceptors (Lipinski definition) is 7. The quantitative estimate of drug-likeness (QED) is 0.252. The molecule has 0 fully saturated rings. The molecule has 0 aliphatic rings. The zero-order chi connectivity index (χ0) is 19.6. The van der Waals surface area contributed by atoms with Crippen molar-refractivity contribution in [1.82, 2.24) is 0 Å². The van der Waals surface area contributed by atoms with Gasteiger partial charge in [0.15, 0.2) is 0 Å². The molecule has 0 amide bonds. The molecule has 0 saturated carbocycles. The maximum absolute atomic E-state index is 11.0. The Kier molecular flexibility index (Phi) is 8.82. The molecule has 0 heterocycles. The van der Waals surface area contributed by atoms with Crippen molar-refractivity contribution in [2.24, 2.45) is 0 Å². The third-order valence-corrected chi connectivity index (χ3v) is 4.07. The molecule has 0 unspecified atom stereocenters. The van der Waals surface area contributed by atoms with E-state index >= 15 is 0 Å². The van der Waals surface area contributed by atoms with Gasteiger partial charge in [-0.2, -0.15) is 13.7 Å². The predicted molar refractivity (Wildman–Crippen MR) is 100 cm³/mol. The van der Waals surface area contributed by atoms with E-state index in [1.165, 1.54) is 13.2 Å². The van der Waals surface area contributed by atoms with E-state index in [2.05, 4.69) is 4.90 Å². The summed E-state index contributed by atoms with van der Waals surface area (Å²) in [5.41, 5.74) is 1.39. The van der Waals surface area contributed by atoms with Gasteiger partial charge in [0.2, 0.25) is 6.29 Å². The first kappa shape index (κ1) is 21.7. The first-order valence-electron chi connectivity index (χ1n) is 8.12. The SMILES string of the molecule is CCCN(CCCOS(C)(=O)=O)c1ccc(C=C([C]=O)C#N)c(OC)c1. The first-order chi connectivity index (χ1) is 12.3. The lowest BCUT2D eigenvalue weighted by Crippen LogP contribution is -2.26. The Bertz CT molecular complexity index is 781. The Labute approximate surface area is 154 Å². The summed E-state index contributed by atoms with van der Waals surface area (Å²) in [6.45, 7) is 3.57. The summed E-state index contributed by atoms with van der Waals surface area (Å²) in [5, 5.41) is 8.86. The van der Waals surface area contributed by atoms with Crippen LogP contribution in [0.2, 0.25) is 0 Å². The molecule has 0 aliphatic heterocycles. The number of nitriles is 1. The summed E-state index contributed by atoms with van der Waals surface area (Å²) in [7, 11) is -1.92. The van der Waals surface area contributed by atoms with Crippen LogP contribution in [0.3, 0.4) is 0 Å². The fourth-order valence-corrected chi connectivity index (χ4v) is 2.78. The van der Waals surface area contributed by atoms with Gasteiger partial charge in [0.05, 0.1) is 20.0 Å². The molecule has 0 spiro atoms. The van der Waals surface area contributed by atoms with Gasteiger partial charge in [0, 0.05) is 30.4 Å².